The third-order valence-electron chi connectivity index (χ3n) is 5.55. The Labute approximate surface area is 191 Å². The first-order valence-electron chi connectivity index (χ1n) is 10.3. The molecule has 3 rings (SSSR count). The van der Waals surface area contributed by atoms with Crippen LogP contribution in [-0.2, 0) is 11.3 Å². The molecule has 1 heterocycles. The molecular weight excluding hydrogens is 432 g/mol. The van der Waals surface area contributed by atoms with Crippen LogP contribution in [0.3, 0.4) is 0 Å². The monoisotopic (exact) mass is 457 g/mol. The lowest BCUT2D eigenvalue weighted by Gasteiger charge is -2.39. The number of hydrogen-bond donors (Lipinski definition) is 2. The third-order valence-corrected chi connectivity index (χ3v) is 5.73. The van der Waals surface area contributed by atoms with E-state index in [0.717, 1.165) is 24.2 Å². The molecule has 0 bridgehead atoms. The normalized spacial score (nSPS) is 18.7. The van der Waals surface area contributed by atoms with Crippen LogP contribution < -0.4 is 0 Å². The van der Waals surface area contributed by atoms with Crippen LogP contribution in [0.25, 0.3) is 0 Å². The topological polar surface area (TPSA) is 96.2 Å². The Morgan fingerprint density at radius 3 is 2.38 bits per heavy atom. The fourth-order valence-electron chi connectivity index (χ4n) is 4.06. The number of carboxylic acids is 2. The summed E-state index contributed by atoms with van der Waals surface area (Å²) < 4.78 is 6.01. The van der Waals surface area contributed by atoms with E-state index in [1.165, 1.54) is 7.11 Å². The van der Waals surface area contributed by atoms with E-state index >= 15 is 0 Å². The van der Waals surface area contributed by atoms with E-state index in [1.54, 1.807) is 54.7 Å². The molecular formula is C24H26ClN2O5+. The number of benzene rings is 2. The number of aliphatic imine (C=N–C) groups is 1. The van der Waals surface area contributed by atoms with Crippen molar-refractivity contribution in [2.45, 2.75) is 39.0 Å². The summed E-state index contributed by atoms with van der Waals surface area (Å²) in [6, 6.07) is 13.3. The number of ether oxygens (including phenoxy) is 1. The number of rotatable bonds is 10. The van der Waals surface area contributed by atoms with Crippen molar-refractivity contribution in [3.63, 3.8) is 0 Å². The summed E-state index contributed by atoms with van der Waals surface area (Å²) >= 11 is 6.40. The van der Waals surface area contributed by atoms with Crippen LogP contribution in [0.5, 0.6) is 0 Å². The van der Waals surface area contributed by atoms with Gasteiger partial charge in [-0.05, 0) is 30.7 Å². The van der Waals surface area contributed by atoms with Gasteiger partial charge in [0.1, 0.15) is 12.7 Å². The van der Waals surface area contributed by atoms with Gasteiger partial charge in [-0.25, -0.2) is 14.1 Å². The molecule has 0 aromatic heterocycles. The molecule has 0 fully saturated rings. The molecule has 8 heteroatoms. The van der Waals surface area contributed by atoms with Crippen molar-refractivity contribution in [2.24, 2.45) is 4.99 Å². The van der Waals surface area contributed by atoms with Gasteiger partial charge in [-0.3, -0.25) is 0 Å². The van der Waals surface area contributed by atoms with Gasteiger partial charge in [0.15, 0.2) is 5.16 Å². The summed E-state index contributed by atoms with van der Waals surface area (Å²) in [5.74, 6) is -1.28. The second kappa shape index (κ2) is 10.1. The zero-order valence-corrected chi connectivity index (χ0v) is 18.7. The van der Waals surface area contributed by atoms with E-state index in [2.05, 4.69) is 11.9 Å². The Kier molecular flexibility index (Phi) is 7.45. The van der Waals surface area contributed by atoms with Crippen molar-refractivity contribution >= 4 is 29.4 Å². The Hall–Kier alpha value is -3.00. The molecule has 32 heavy (non-hydrogen) atoms. The molecule has 1 aliphatic heterocycles. The van der Waals surface area contributed by atoms with Crippen LogP contribution in [0.4, 0.5) is 0 Å². The van der Waals surface area contributed by atoms with E-state index in [1.807, 2.05) is 0 Å². The quantitative estimate of drug-likeness (QED) is 0.368. The predicted molar refractivity (Wildman–Crippen MR) is 121 cm³/mol. The Morgan fingerprint density at radius 2 is 1.78 bits per heavy atom. The molecule has 0 saturated carbocycles. The lowest BCUT2D eigenvalue weighted by molar-refractivity contribution is -0.863. The van der Waals surface area contributed by atoms with Crippen LogP contribution in [0.15, 0.2) is 64.9 Å². The number of nitrogens with zero attached hydrogens (tertiary/aromatic N) is 2. The van der Waals surface area contributed by atoms with Crippen LogP contribution in [0.1, 0.15) is 64.3 Å². The van der Waals surface area contributed by atoms with Crippen LogP contribution in [-0.4, -0.2) is 39.6 Å². The average molecular weight is 458 g/mol. The van der Waals surface area contributed by atoms with Crippen molar-refractivity contribution in [1.29, 1.82) is 0 Å². The van der Waals surface area contributed by atoms with E-state index in [-0.39, 0.29) is 15.6 Å². The number of aromatic carboxylic acids is 2. The maximum atomic E-state index is 11.9. The van der Waals surface area contributed by atoms with Crippen LogP contribution >= 0.6 is 11.6 Å². The highest BCUT2D eigenvalue weighted by molar-refractivity contribution is 6.30. The third kappa shape index (κ3) is 4.75. The summed E-state index contributed by atoms with van der Waals surface area (Å²) in [6.45, 7) is 2.45. The maximum Gasteiger partial charge on any atom is 0.336 e. The number of unbranched alkanes of at least 4 members (excludes halogenated alkanes) is 1. The molecule has 0 amide bonds. The fourth-order valence-corrected chi connectivity index (χ4v) is 4.33. The minimum absolute atomic E-state index is 0.0754. The summed E-state index contributed by atoms with van der Waals surface area (Å²) in [6.07, 6.45) is 3.56. The average Bonchev–Trinajstić information content (AvgIpc) is 3.08. The van der Waals surface area contributed by atoms with E-state index in [4.69, 9.17) is 16.3 Å². The lowest BCUT2D eigenvalue weighted by Crippen LogP contribution is -2.49. The van der Waals surface area contributed by atoms with Crippen molar-refractivity contribution in [3.8, 4) is 0 Å². The van der Waals surface area contributed by atoms with E-state index in [0.29, 0.717) is 23.7 Å². The molecule has 0 aliphatic carbocycles. The number of hydrogen-bond acceptors (Lipinski definition) is 4. The Morgan fingerprint density at radius 1 is 1.09 bits per heavy atom. The number of methoxy groups -OCH3 is 1. The van der Waals surface area contributed by atoms with Gasteiger partial charge in [0.2, 0.25) is 12.1 Å². The Balaban J connectivity index is 2.15. The highest BCUT2D eigenvalue weighted by atomic mass is 35.5. The SMILES string of the molecule is CCCCC1=NC(Cl)=C[N+]1(Cc1ccc(C(=O)O)cc1)C(OC)c1ccccc1C(=O)O. The minimum Gasteiger partial charge on any atom is -0.478 e. The number of halogens is 1. The van der Waals surface area contributed by atoms with Gasteiger partial charge in [-0.1, -0.05) is 49.2 Å². The first-order chi connectivity index (χ1) is 15.3. The molecule has 7 nitrogen and oxygen atoms in total. The molecule has 0 saturated heterocycles. The zero-order chi connectivity index (χ0) is 23.3. The smallest absolute Gasteiger partial charge is 0.336 e. The van der Waals surface area contributed by atoms with Crippen molar-refractivity contribution in [3.05, 3.63) is 82.1 Å². The van der Waals surface area contributed by atoms with Crippen molar-refractivity contribution in [2.75, 3.05) is 7.11 Å². The maximum absolute atomic E-state index is 11.9. The standard InChI is InChI=1S/C24H25ClN2O5/c1-3-4-9-21-26-20(25)15-27(21,14-16-10-12-17(13-11-16)23(28)29)22(32-2)18-7-5-6-8-19(18)24(30)31/h5-8,10-13,15,22H,3-4,9,14H2,1-2H3,(H-,28,29,30,31)/p+1. The van der Waals surface area contributed by atoms with E-state index < -0.39 is 18.2 Å². The van der Waals surface area contributed by atoms with Crippen molar-refractivity contribution < 1.29 is 29.0 Å². The summed E-state index contributed by atoms with van der Waals surface area (Å²) in [5.41, 5.74) is 1.69. The molecule has 2 atom stereocenters. The summed E-state index contributed by atoms with van der Waals surface area (Å²) in [7, 11) is 1.54. The highest BCUT2D eigenvalue weighted by Crippen LogP contribution is 2.41. The molecule has 1 aliphatic rings. The molecule has 2 aromatic rings. The van der Waals surface area contributed by atoms with Crippen molar-refractivity contribution in [1.82, 2.24) is 0 Å². The number of amidine groups is 1. The number of carbonyl (C=O) groups is 2. The fraction of sp³-hybridized carbons (Fsp3) is 0.292. The van der Waals surface area contributed by atoms with Gasteiger partial charge >= 0.3 is 11.9 Å². The van der Waals surface area contributed by atoms with Gasteiger partial charge in [0.25, 0.3) is 0 Å². The second-order valence-corrected chi connectivity index (χ2v) is 8.04. The summed E-state index contributed by atoms with van der Waals surface area (Å²) in [4.78, 5) is 27.8. The van der Waals surface area contributed by atoms with Gasteiger partial charge in [-0.15, -0.1) is 0 Å². The van der Waals surface area contributed by atoms with E-state index in [9.17, 15) is 19.8 Å². The predicted octanol–water partition coefficient (Wildman–Crippen LogP) is 5.39. The van der Waals surface area contributed by atoms with Gasteiger partial charge in [0, 0.05) is 19.1 Å². The lowest BCUT2D eigenvalue weighted by atomic mass is 10.0. The second-order valence-electron chi connectivity index (χ2n) is 7.65. The number of carboxylic acid groups (broad SMARTS) is 2. The van der Waals surface area contributed by atoms with Crippen LogP contribution in [0.2, 0.25) is 0 Å². The molecule has 0 spiro atoms. The highest BCUT2D eigenvalue weighted by Gasteiger charge is 2.47. The first kappa shape index (κ1) is 23.7. The van der Waals surface area contributed by atoms with Gasteiger partial charge in [0.05, 0.1) is 16.7 Å². The van der Waals surface area contributed by atoms with Gasteiger partial charge < -0.3 is 14.9 Å². The summed E-state index contributed by atoms with van der Waals surface area (Å²) in [5, 5.41) is 19.3. The molecule has 2 N–H and O–H groups in total. The molecule has 2 unspecified atom stereocenters. The molecule has 2 aromatic carbocycles. The number of quaternary nitrogens is 1. The Bertz CT molecular complexity index is 1060. The van der Waals surface area contributed by atoms with Crippen LogP contribution in [0, 0.1) is 0 Å². The molecule has 168 valence electrons. The zero-order valence-electron chi connectivity index (χ0n) is 18.0. The minimum atomic E-state index is -1.05. The molecule has 0 radical (unpaired) electrons. The first-order valence-corrected chi connectivity index (χ1v) is 10.7. The van der Waals surface area contributed by atoms with Gasteiger partial charge in [-0.2, -0.15) is 4.99 Å². The largest absolute Gasteiger partial charge is 0.478 e.